The predicted octanol–water partition coefficient (Wildman–Crippen LogP) is 1.30. The Bertz CT molecular complexity index is 482. The lowest BCUT2D eigenvalue weighted by atomic mass is 10.2. The van der Waals surface area contributed by atoms with Crippen molar-refractivity contribution in [3.8, 4) is 0 Å². The van der Waals surface area contributed by atoms with E-state index >= 15 is 0 Å². The number of halogens is 2. The van der Waals surface area contributed by atoms with E-state index in [4.69, 9.17) is 16.7 Å². The van der Waals surface area contributed by atoms with Gasteiger partial charge in [-0.15, -0.1) is 0 Å². The Kier molecular flexibility index (Phi) is 5.72. The Hall–Kier alpha value is -1.66. The highest BCUT2D eigenvalue weighted by atomic mass is 35.5. The number of aliphatic hydroxyl groups excluding tert-OH is 1. The average molecular weight is 289 g/mol. The van der Waals surface area contributed by atoms with Crippen LogP contribution in [0.5, 0.6) is 0 Å². The van der Waals surface area contributed by atoms with E-state index in [0.29, 0.717) is 6.42 Å². The summed E-state index contributed by atoms with van der Waals surface area (Å²) in [5.41, 5.74) is 0.223. The predicted molar refractivity (Wildman–Crippen MR) is 69.3 cm³/mol. The van der Waals surface area contributed by atoms with Crippen molar-refractivity contribution in [2.75, 3.05) is 11.9 Å². The van der Waals surface area contributed by atoms with E-state index < -0.39 is 17.6 Å². The van der Waals surface area contributed by atoms with E-state index in [1.54, 1.807) is 6.92 Å². The Morgan fingerprint density at radius 3 is 2.68 bits per heavy atom. The minimum Gasteiger partial charge on any atom is -0.396 e. The second kappa shape index (κ2) is 7.06. The zero-order valence-corrected chi connectivity index (χ0v) is 11.0. The van der Waals surface area contributed by atoms with E-state index in [2.05, 4.69) is 10.6 Å². The van der Waals surface area contributed by atoms with Crippen LogP contribution in [0.25, 0.3) is 0 Å². The standard InChI is InChI=1S/C12H14ClFN2O3/c1-7(4-5-17)15-11(18)12(19)16-8-2-3-10(14)9(13)6-8/h2-3,6-7,17H,4-5H2,1H3,(H,15,18)(H,16,19)/t7-/m1/s1. The first-order valence-electron chi connectivity index (χ1n) is 5.61. The van der Waals surface area contributed by atoms with Crippen LogP contribution < -0.4 is 10.6 Å². The molecule has 0 radical (unpaired) electrons. The molecule has 0 fully saturated rings. The van der Waals surface area contributed by atoms with Gasteiger partial charge in [-0.1, -0.05) is 11.6 Å². The van der Waals surface area contributed by atoms with Gasteiger partial charge in [0.1, 0.15) is 5.82 Å². The number of hydrogen-bond acceptors (Lipinski definition) is 3. The number of aliphatic hydroxyl groups is 1. The molecule has 0 bridgehead atoms. The number of benzene rings is 1. The highest BCUT2D eigenvalue weighted by Gasteiger charge is 2.16. The second-order valence-electron chi connectivity index (χ2n) is 3.97. The van der Waals surface area contributed by atoms with Crippen molar-refractivity contribution in [3.05, 3.63) is 29.0 Å². The van der Waals surface area contributed by atoms with Crippen LogP contribution in [-0.4, -0.2) is 29.6 Å². The van der Waals surface area contributed by atoms with Crippen molar-refractivity contribution >= 4 is 29.1 Å². The van der Waals surface area contributed by atoms with Gasteiger partial charge in [-0.3, -0.25) is 9.59 Å². The van der Waals surface area contributed by atoms with Crippen molar-refractivity contribution in [2.45, 2.75) is 19.4 Å². The molecule has 104 valence electrons. The maximum absolute atomic E-state index is 12.9. The van der Waals surface area contributed by atoms with Crippen molar-refractivity contribution in [1.29, 1.82) is 0 Å². The minimum atomic E-state index is -0.882. The van der Waals surface area contributed by atoms with E-state index in [-0.39, 0.29) is 23.4 Å². The zero-order valence-electron chi connectivity index (χ0n) is 10.2. The lowest BCUT2D eigenvalue weighted by Crippen LogP contribution is -2.40. The molecule has 0 aliphatic rings. The number of carbonyl (C=O) groups excluding carboxylic acids is 2. The molecule has 1 aromatic carbocycles. The minimum absolute atomic E-state index is 0.0867. The SMILES string of the molecule is C[C@H](CCO)NC(=O)C(=O)Nc1ccc(F)c(Cl)c1. The molecule has 2 amide bonds. The van der Waals surface area contributed by atoms with Crippen molar-refractivity contribution < 1.29 is 19.1 Å². The van der Waals surface area contributed by atoms with Gasteiger partial charge in [0.05, 0.1) is 5.02 Å². The van der Waals surface area contributed by atoms with Crippen LogP contribution >= 0.6 is 11.6 Å². The summed E-state index contributed by atoms with van der Waals surface area (Å²) in [6.45, 7) is 1.58. The van der Waals surface area contributed by atoms with Crippen molar-refractivity contribution in [2.24, 2.45) is 0 Å². The first-order valence-corrected chi connectivity index (χ1v) is 5.99. The molecule has 3 N–H and O–H groups in total. The van der Waals surface area contributed by atoms with E-state index in [9.17, 15) is 14.0 Å². The van der Waals surface area contributed by atoms with Gasteiger partial charge in [-0.05, 0) is 31.5 Å². The highest BCUT2D eigenvalue weighted by Crippen LogP contribution is 2.19. The molecular weight excluding hydrogens is 275 g/mol. The highest BCUT2D eigenvalue weighted by molar-refractivity contribution is 6.40. The molecule has 1 aromatic rings. The molecule has 0 unspecified atom stereocenters. The summed E-state index contributed by atoms with van der Waals surface area (Å²) < 4.78 is 12.9. The summed E-state index contributed by atoms with van der Waals surface area (Å²) >= 11 is 5.55. The monoisotopic (exact) mass is 288 g/mol. The lowest BCUT2D eigenvalue weighted by molar-refractivity contribution is -0.136. The molecule has 0 aliphatic heterocycles. The Morgan fingerprint density at radius 2 is 2.11 bits per heavy atom. The van der Waals surface area contributed by atoms with Gasteiger partial charge in [0.2, 0.25) is 0 Å². The summed E-state index contributed by atoms with van der Waals surface area (Å²) in [5, 5.41) is 13.2. The fourth-order valence-electron chi connectivity index (χ4n) is 1.32. The van der Waals surface area contributed by atoms with Crippen LogP contribution in [0.4, 0.5) is 10.1 Å². The number of hydrogen-bond donors (Lipinski definition) is 3. The fraction of sp³-hybridized carbons (Fsp3) is 0.333. The third-order valence-electron chi connectivity index (χ3n) is 2.32. The van der Waals surface area contributed by atoms with Gasteiger partial charge in [0.15, 0.2) is 0 Å². The Labute approximate surface area is 114 Å². The summed E-state index contributed by atoms with van der Waals surface area (Å²) in [4.78, 5) is 23.0. The smallest absolute Gasteiger partial charge is 0.313 e. The number of amides is 2. The molecule has 0 aromatic heterocycles. The molecule has 1 rings (SSSR count). The number of carbonyl (C=O) groups is 2. The van der Waals surface area contributed by atoms with Gasteiger partial charge in [-0.2, -0.15) is 0 Å². The molecule has 19 heavy (non-hydrogen) atoms. The second-order valence-corrected chi connectivity index (χ2v) is 4.38. The molecule has 7 heteroatoms. The lowest BCUT2D eigenvalue weighted by Gasteiger charge is -2.12. The number of nitrogens with one attached hydrogen (secondary N) is 2. The van der Waals surface area contributed by atoms with Gasteiger partial charge < -0.3 is 15.7 Å². The van der Waals surface area contributed by atoms with Gasteiger partial charge in [0, 0.05) is 18.3 Å². The summed E-state index contributed by atoms with van der Waals surface area (Å²) in [5.74, 6) is -2.32. The first-order chi connectivity index (χ1) is 8.93. The number of rotatable bonds is 4. The first kappa shape index (κ1) is 15.4. The summed E-state index contributed by atoms with van der Waals surface area (Å²) in [7, 11) is 0. The largest absolute Gasteiger partial charge is 0.396 e. The summed E-state index contributed by atoms with van der Waals surface area (Å²) in [6, 6.07) is 3.27. The summed E-state index contributed by atoms with van der Waals surface area (Å²) in [6.07, 6.45) is 0.349. The van der Waals surface area contributed by atoms with Crippen molar-refractivity contribution in [3.63, 3.8) is 0 Å². The maximum Gasteiger partial charge on any atom is 0.313 e. The van der Waals surface area contributed by atoms with Gasteiger partial charge >= 0.3 is 11.8 Å². The molecule has 0 spiro atoms. The zero-order chi connectivity index (χ0) is 14.4. The van der Waals surface area contributed by atoms with Crippen LogP contribution in [0.2, 0.25) is 5.02 Å². The van der Waals surface area contributed by atoms with Crippen molar-refractivity contribution in [1.82, 2.24) is 5.32 Å². The molecule has 0 saturated heterocycles. The van der Waals surface area contributed by atoms with E-state index in [0.717, 1.165) is 6.07 Å². The van der Waals surface area contributed by atoms with E-state index in [1.807, 2.05) is 0 Å². The topological polar surface area (TPSA) is 78.4 Å². The van der Waals surface area contributed by atoms with Crippen LogP contribution in [0, 0.1) is 5.82 Å². The Morgan fingerprint density at radius 1 is 1.42 bits per heavy atom. The van der Waals surface area contributed by atoms with Crippen LogP contribution in [-0.2, 0) is 9.59 Å². The molecule has 0 aliphatic carbocycles. The van der Waals surface area contributed by atoms with Crippen LogP contribution in [0.3, 0.4) is 0 Å². The molecule has 1 atom stereocenters. The molecular formula is C12H14ClFN2O3. The Balaban J connectivity index is 2.58. The molecule has 5 nitrogen and oxygen atoms in total. The normalized spacial score (nSPS) is 11.8. The maximum atomic E-state index is 12.9. The quantitative estimate of drug-likeness (QED) is 0.731. The third-order valence-corrected chi connectivity index (χ3v) is 2.61. The fourth-order valence-corrected chi connectivity index (χ4v) is 1.50. The van der Waals surface area contributed by atoms with E-state index in [1.165, 1.54) is 12.1 Å². The molecule has 0 saturated carbocycles. The van der Waals surface area contributed by atoms with Gasteiger partial charge in [-0.25, -0.2) is 4.39 Å². The number of anilines is 1. The third kappa shape index (κ3) is 4.84. The molecule has 0 heterocycles. The average Bonchev–Trinajstić information content (AvgIpc) is 2.34. The van der Waals surface area contributed by atoms with Crippen LogP contribution in [0.1, 0.15) is 13.3 Å². The van der Waals surface area contributed by atoms with Crippen LogP contribution in [0.15, 0.2) is 18.2 Å². The van der Waals surface area contributed by atoms with Gasteiger partial charge in [0.25, 0.3) is 0 Å².